The Hall–Kier alpha value is 0.550. The van der Waals surface area contributed by atoms with E-state index < -0.39 is 9.24 Å². The maximum atomic E-state index is 11.0. The molecule has 1 fully saturated rings. The lowest BCUT2D eigenvalue weighted by Crippen LogP contribution is -2.41. The number of halogens is 1. The first-order valence-electron chi connectivity index (χ1n) is 4.22. The normalized spacial score (nSPS) is 26.6. The lowest BCUT2D eigenvalue weighted by Gasteiger charge is -2.31. The summed E-state index contributed by atoms with van der Waals surface area (Å²) >= 11 is 1.83. The van der Waals surface area contributed by atoms with Gasteiger partial charge in [-0.3, -0.25) is 0 Å². The van der Waals surface area contributed by atoms with Gasteiger partial charge in [0.25, 0.3) is 9.24 Å². The molecule has 0 aromatic heterocycles. The van der Waals surface area contributed by atoms with E-state index >= 15 is 0 Å². The molecule has 0 amide bonds. The third-order valence-corrected chi connectivity index (χ3v) is 5.18. The van der Waals surface area contributed by atoms with E-state index in [1.807, 2.05) is 11.8 Å². The molecule has 1 saturated heterocycles. The van der Waals surface area contributed by atoms with Gasteiger partial charge in [0.15, 0.2) is 0 Å². The molecule has 1 atom stereocenters. The summed E-state index contributed by atoms with van der Waals surface area (Å²) in [5, 5.41) is 0.377. The molecular weight excluding hydrogens is 230 g/mol. The van der Waals surface area contributed by atoms with Gasteiger partial charge in [0.05, 0.1) is 0 Å². The van der Waals surface area contributed by atoms with Crippen molar-refractivity contribution in [2.24, 2.45) is 5.92 Å². The number of rotatable bonds is 2. The fraction of sp³-hybridized carbons (Fsp3) is 1.00. The SMILES string of the molecule is CC(C)C1CN(S(=O)(=O)Cl)CCS1. The molecule has 0 spiro atoms. The summed E-state index contributed by atoms with van der Waals surface area (Å²) in [6, 6.07) is 0. The second-order valence-corrected chi connectivity index (χ2v) is 7.31. The average Bonchev–Trinajstić information content (AvgIpc) is 2.03. The molecule has 1 heterocycles. The quantitative estimate of drug-likeness (QED) is 0.691. The maximum absolute atomic E-state index is 11.0. The summed E-state index contributed by atoms with van der Waals surface area (Å²) in [6.45, 7) is 5.29. The minimum Gasteiger partial charge on any atom is -0.195 e. The average molecular weight is 244 g/mol. The van der Waals surface area contributed by atoms with Crippen LogP contribution in [0.1, 0.15) is 13.8 Å². The third kappa shape index (κ3) is 3.31. The van der Waals surface area contributed by atoms with Crippen molar-refractivity contribution >= 4 is 31.7 Å². The van der Waals surface area contributed by atoms with Crippen molar-refractivity contribution in [1.82, 2.24) is 4.31 Å². The van der Waals surface area contributed by atoms with Crippen LogP contribution in [0.25, 0.3) is 0 Å². The summed E-state index contributed by atoms with van der Waals surface area (Å²) in [5.41, 5.74) is 0. The highest BCUT2D eigenvalue weighted by Gasteiger charge is 2.29. The molecule has 0 aromatic rings. The minimum absolute atomic E-state index is 0.377. The zero-order chi connectivity index (χ0) is 10.1. The van der Waals surface area contributed by atoms with Crippen molar-refractivity contribution < 1.29 is 8.42 Å². The molecule has 0 N–H and O–H groups in total. The van der Waals surface area contributed by atoms with Gasteiger partial charge in [-0.05, 0) is 5.92 Å². The van der Waals surface area contributed by atoms with Gasteiger partial charge in [0.1, 0.15) is 0 Å². The van der Waals surface area contributed by atoms with Crippen LogP contribution in [0.2, 0.25) is 0 Å². The molecule has 78 valence electrons. The molecule has 13 heavy (non-hydrogen) atoms. The first-order valence-corrected chi connectivity index (χ1v) is 7.54. The summed E-state index contributed by atoms with van der Waals surface area (Å²) in [5.74, 6) is 1.33. The molecule has 6 heteroatoms. The highest BCUT2D eigenvalue weighted by molar-refractivity contribution is 8.12. The second kappa shape index (κ2) is 4.38. The first-order chi connectivity index (χ1) is 5.91. The standard InChI is InChI=1S/C7H14ClNO2S2/c1-6(2)7-5-9(3-4-12-7)13(8,10)11/h6-7H,3-5H2,1-2H3. The molecule has 0 bridgehead atoms. The smallest absolute Gasteiger partial charge is 0.195 e. The van der Waals surface area contributed by atoms with Crippen molar-refractivity contribution in [1.29, 1.82) is 0 Å². The van der Waals surface area contributed by atoms with Crippen LogP contribution in [0.3, 0.4) is 0 Å². The predicted octanol–water partition coefficient (Wildman–Crippen LogP) is 1.54. The summed E-state index contributed by atoms with van der Waals surface area (Å²) < 4.78 is 23.4. The van der Waals surface area contributed by atoms with E-state index in [9.17, 15) is 8.42 Å². The highest BCUT2D eigenvalue weighted by atomic mass is 35.7. The summed E-state index contributed by atoms with van der Waals surface area (Å²) in [6.07, 6.45) is 0. The Labute approximate surface area is 88.4 Å². The molecule has 0 saturated carbocycles. The molecule has 0 aliphatic carbocycles. The van der Waals surface area contributed by atoms with Crippen molar-refractivity contribution in [3.8, 4) is 0 Å². The Balaban J connectivity index is 2.62. The van der Waals surface area contributed by atoms with Gasteiger partial charge < -0.3 is 0 Å². The second-order valence-electron chi connectivity index (χ2n) is 3.45. The van der Waals surface area contributed by atoms with Crippen molar-refractivity contribution in [3.63, 3.8) is 0 Å². The van der Waals surface area contributed by atoms with E-state index in [1.165, 1.54) is 4.31 Å². The monoisotopic (exact) mass is 243 g/mol. The lowest BCUT2D eigenvalue weighted by atomic mass is 10.1. The van der Waals surface area contributed by atoms with Gasteiger partial charge >= 0.3 is 0 Å². The van der Waals surface area contributed by atoms with Crippen LogP contribution in [0, 0.1) is 5.92 Å². The van der Waals surface area contributed by atoms with Gasteiger partial charge in [-0.25, -0.2) is 0 Å². The molecule has 3 nitrogen and oxygen atoms in total. The molecule has 0 aromatic carbocycles. The minimum atomic E-state index is -3.50. The first kappa shape index (κ1) is 11.6. The van der Waals surface area contributed by atoms with Gasteiger partial charge in [-0.2, -0.15) is 24.5 Å². The number of hydrogen-bond donors (Lipinski definition) is 0. The molecule has 1 rings (SSSR count). The lowest BCUT2D eigenvalue weighted by molar-refractivity contribution is 0.399. The number of hydrogen-bond acceptors (Lipinski definition) is 3. The van der Waals surface area contributed by atoms with E-state index in [1.54, 1.807) is 0 Å². The molecular formula is C7H14ClNO2S2. The predicted molar refractivity (Wildman–Crippen MR) is 57.4 cm³/mol. The van der Waals surface area contributed by atoms with Crippen LogP contribution >= 0.6 is 22.4 Å². The number of thioether (sulfide) groups is 1. The summed E-state index contributed by atoms with van der Waals surface area (Å²) in [7, 11) is 1.77. The fourth-order valence-corrected chi connectivity index (χ4v) is 3.78. The van der Waals surface area contributed by atoms with Gasteiger partial charge in [-0.15, -0.1) is 0 Å². The Bertz CT molecular complexity index is 266. The van der Waals surface area contributed by atoms with Gasteiger partial charge in [-0.1, -0.05) is 13.8 Å². The van der Waals surface area contributed by atoms with Crippen LogP contribution in [0.4, 0.5) is 0 Å². The fourth-order valence-electron chi connectivity index (χ4n) is 1.25. The Kier molecular flexibility index (Phi) is 3.92. The van der Waals surface area contributed by atoms with E-state index in [0.717, 1.165) is 5.75 Å². The van der Waals surface area contributed by atoms with Gasteiger partial charge in [0.2, 0.25) is 0 Å². The molecule has 0 radical (unpaired) electrons. The number of nitrogens with zero attached hydrogens (tertiary/aromatic N) is 1. The van der Waals surface area contributed by atoms with Crippen LogP contribution < -0.4 is 0 Å². The molecule has 1 aliphatic heterocycles. The molecule has 1 unspecified atom stereocenters. The van der Waals surface area contributed by atoms with Gasteiger partial charge in [0, 0.05) is 34.8 Å². The van der Waals surface area contributed by atoms with Crippen molar-refractivity contribution in [2.45, 2.75) is 19.1 Å². The Morgan fingerprint density at radius 3 is 2.62 bits per heavy atom. The van der Waals surface area contributed by atoms with E-state index in [-0.39, 0.29) is 0 Å². The largest absolute Gasteiger partial charge is 0.299 e. The van der Waals surface area contributed by atoms with Crippen LogP contribution in [-0.2, 0) is 9.24 Å². The van der Waals surface area contributed by atoms with Crippen LogP contribution in [-0.4, -0.2) is 36.8 Å². The highest BCUT2D eigenvalue weighted by Crippen LogP contribution is 2.27. The Morgan fingerprint density at radius 2 is 2.15 bits per heavy atom. The third-order valence-electron chi connectivity index (χ3n) is 2.11. The topological polar surface area (TPSA) is 37.4 Å². The summed E-state index contributed by atoms with van der Waals surface area (Å²) in [4.78, 5) is 0. The van der Waals surface area contributed by atoms with Crippen molar-refractivity contribution in [2.75, 3.05) is 18.8 Å². The Morgan fingerprint density at radius 1 is 1.54 bits per heavy atom. The molecule has 1 aliphatic rings. The van der Waals surface area contributed by atoms with Crippen LogP contribution in [0.15, 0.2) is 0 Å². The zero-order valence-electron chi connectivity index (χ0n) is 7.73. The van der Waals surface area contributed by atoms with E-state index in [0.29, 0.717) is 24.3 Å². The maximum Gasteiger partial charge on any atom is 0.299 e. The van der Waals surface area contributed by atoms with E-state index in [4.69, 9.17) is 10.7 Å². The zero-order valence-corrected chi connectivity index (χ0v) is 10.1. The van der Waals surface area contributed by atoms with Crippen LogP contribution in [0.5, 0.6) is 0 Å². The van der Waals surface area contributed by atoms with Crippen molar-refractivity contribution in [3.05, 3.63) is 0 Å². The van der Waals surface area contributed by atoms with E-state index in [2.05, 4.69) is 13.8 Å².